The Bertz CT molecular complexity index is 788. The summed E-state index contributed by atoms with van der Waals surface area (Å²) >= 11 is 0. The van der Waals surface area contributed by atoms with Crippen molar-refractivity contribution in [2.75, 3.05) is 18.0 Å². The van der Waals surface area contributed by atoms with E-state index in [-0.39, 0.29) is 18.6 Å². The van der Waals surface area contributed by atoms with E-state index in [9.17, 15) is 20.1 Å². The molecule has 11 heteroatoms. The number of aliphatic hydroxyl groups is 3. The summed E-state index contributed by atoms with van der Waals surface area (Å²) in [5.41, 5.74) is 1.17. The van der Waals surface area contributed by atoms with E-state index in [1.54, 1.807) is 25.1 Å². The first kappa shape index (κ1) is 26.3. The molecule has 1 aromatic rings. The van der Waals surface area contributed by atoms with Crippen molar-refractivity contribution >= 4 is 20.1 Å². The number of hydrogen-bond donors (Lipinski definition) is 7. The molecule has 7 N–H and O–H groups in total. The van der Waals surface area contributed by atoms with Crippen LogP contribution in [0.15, 0.2) is 18.2 Å². The van der Waals surface area contributed by atoms with Crippen molar-refractivity contribution in [3.05, 3.63) is 23.8 Å². The number of benzene rings is 1. The number of carbonyl (C=O) groups excluding carboxylic acids is 1. The number of terminal acetylenes is 1. The number of unbranched alkanes of at least 4 members (excludes halogenated alkanes) is 2. The number of nitrogens with one attached hydrogen (secondary N) is 2. The van der Waals surface area contributed by atoms with Gasteiger partial charge in [0.15, 0.2) is 8.38 Å². The van der Waals surface area contributed by atoms with Gasteiger partial charge >= 0.3 is 6.03 Å². The Morgan fingerprint density at radius 2 is 1.97 bits per heavy atom. The monoisotopic (exact) mass is 470 g/mol. The molecule has 1 heterocycles. The van der Waals surface area contributed by atoms with Gasteiger partial charge in [-0.25, -0.2) is 4.79 Å². The predicted molar refractivity (Wildman–Crippen MR) is 119 cm³/mol. The zero-order valence-corrected chi connectivity index (χ0v) is 18.7. The molecule has 0 aliphatic carbocycles. The summed E-state index contributed by atoms with van der Waals surface area (Å²) in [4.78, 5) is 30.2. The highest BCUT2D eigenvalue weighted by Crippen LogP contribution is 2.31. The Balaban J connectivity index is 1.94. The van der Waals surface area contributed by atoms with Crippen molar-refractivity contribution < 1.29 is 39.4 Å². The molecule has 32 heavy (non-hydrogen) atoms. The van der Waals surface area contributed by atoms with Crippen LogP contribution >= 0.6 is 8.38 Å². The fraction of sp³-hybridized carbons (Fsp3) is 0.571. The van der Waals surface area contributed by atoms with Crippen LogP contribution in [0.5, 0.6) is 5.75 Å². The lowest BCUT2D eigenvalue weighted by atomic mass is 9.97. The number of urea groups is 1. The van der Waals surface area contributed by atoms with Crippen LogP contribution in [-0.4, -0.2) is 74.6 Å². The maximum absolute atomic E-state index is 12.0. The van der Waals surface area contributed by atoms with Gasteiger partial charge < -0.3 is 45.2 Å². The fourth-order valence-electron chi connectivity index (χ4n) is 3.21. The molecule has 10 nitrogen and oxygen atoms in total. The van der Waals surface area contributed by atoms with Crippen LogP contribution < -0.4 is 15.4 Å². The lowest BCUT2D eigenvalue weighted by molar-refractivity contribution is -0.272. The van der Waals surface area contributed by atoms with Crippen LogP contribution in [0.2, 0.25) is 0 Å². The number of carbonyl (C=O) groups is 1. The first-order chi connectivity index (χ1) is 15.2. The summed E-state index contributed by atoms with van der Waals surface area (Å²) in [6, 6.07) is 4.53. The smallest absolute Gasteiger partial charge is 0.319 e. The normalized spacial score (nSPS) is 25.2. The molecular formula is C21H31N2O8P. The molecule has 1 saturated heterocycles. The summed E-state index contributed by atoms with van der Waals surface area (Å²) in [5, 5.41) is 35.9. The van der Waals surface area contributed by atoms with Gasteiger partial charge in [0, 0.05) is 24.8 Å². The molecule has 1 aliphatic rings. The highest BCUT2D eigenvalue weighted by molar-refractivity contribution is 7.45. The Hall–Kier alpha value is -1.96. The van der Waals surface area contributed by atoms with Crippen LogP contribution in [0.1, 0.15) is 31.2 Å². The Kier molecular flexibility index (Phi) is 10.6. The van der Waals surface area contributed by atoms with Crippen LogP contribution in [0, 0.1) is 19.3 Å². The minimum Gasteiger partial charge on any atom is -0.462 e. The van der Waals surface area contributed by atoms with Crippen LogP contribution in [-0.2, 0) is 4.74 Å². The number of hydrogen-bond acceptors (Lipinski definition) is 8. The molecule has 0 aromatic heterocycles. The number of ether oxygens (including phenoxy) is 2. The zero-order chi connectivity index (χ0) is 23.7. The average Bonchev–Trinajstić information content (AvgIpc) is 2.74. The summed E-state index contributed by atoms with van der Waals surface area (Å²) in [7, 11) is -2.18. The Labute approximate surface area is 188 Å². The van der Waals surface area contributed by atoms with Gasteiger partial charge in [-0.2, -0.15) is 0 Å². The molecule has 0 saturated carbocycles. The molecule has 3 unspecified atom stereocenters. The predicted octanol–water partition coefficient (Wildman–Crippen LogP) is 0.793. The summed E-state index contributed by atoms with van der Waals surface area (Å²) in [5.74, 6) is 2.90. The third-order valence-corrected chi connectivity index (χ3v) is 5.65. The average molecular weight is 470 g/mol. The van der Waals surface area contributed by atoms with Crippen LogP contribution in [0.25, 0.3) is 0 Å². The van der Waals surface area contributed by atoms with E-state index in [2.05, 4.69) is 16.6 Å². The van der Waals surface area contributed by atoms with E-state index in [1.807, 2.05) is 0 Å². The molecule has 0 spiro atoms. The van der Waals surface area contributed by atoms with Crippen molar-refractivity contribution in [2.45, 2.75) is 63.3 Å². The van der Waals surface area contributed by atoms with Crippen LogP contribution in [0.4, 0.5) is 10.5 Å². The third-order valence-electron chi connectivity index (χ3n) is 4.99. The molecule has 0 radical (unpaired) electrons. The number of amides is 2. The van der Waals surface area contributed by atoms with Crippen LogP contribution in [0.3, 0.4) is 0 Å². The first-order valence-corrected chi connectivity index (χ1v) is 11.8. The fourth-order valence-corrected chi connectivity index (χ4v) is 3.69. The van der Waals surface area contributed by atoms with Crippen molar-refractivity contribution in [3.63, 3.8) is 0 Å². The highest BCUT2D eigenvalue weighted by Gasteiger charge is 2.45. The third kappa shape index (κ3) is 7.87. The maximum atomic E-state index is 12.0. The number of aryl methyl sites for hydroxylation is 1. The van der Waals surface area contributed by atoms with E-state index >= 15 is 0 Å². The number of anilines is 1. The van der Waals surface area contributed by atoms with Gasteiger partial charge in [-0.3, -0.25) is 0 Å². The summed E-state index contributed by atoms with van der Waals surface area (Å²) in [6.07, 6.45) is 0.906. The van der Waals surface area contributed by atoms with Crippen molar-refractivity contribution in [2.24, 2.45) is 0 Å². The topological polar surface area (TPSA) is 161 Å². The molecule has 1 aromatic carbocycles. The SMILES string of the molecule is C#CCCCCNC(=O)Nc1ccc(O[C@H]2OC(CCP(O)O)[C@@H](O)C(O)C2O)c(C)c1. The Morgan fingerprint density at radius 3 is 2.62 bits per heavy atom. The van der Waals surface area contributed by atoms with Crippen molar-refractivity contribution in [3.8, 4) is 18.1 Å². The van der Waals surface area contributed by atoms with Gasteiger partial charge in [-0.15, -0.1) is 12.3 Å². The van der Waals surface area contributed by atoms with E-state index < -0.39 is 39.1 Å². The molecule has 1 fully saturated rings. The largest absolute Gasteiger partial charge is 0.462 e. The standard InChI is InChI=1S/C21H31N2O8P/c1-3-4-5-6-10-22-21(27)23-14-7-8-15(13(2)12-14)30-20-19(26)18(25)17(24)16(31-20)9-11-32(28)29/h1,7-8,12,16-20,24-26,28-29H,4-6,9-11H2,2H3,(H2,22,23,27)/t16?,17-,18?,19?,20+/m1/s1. The molecule has 5 atom stereocenters. The number of aliphatic hydroxyl groups excluding tert-OH is 3. The second-order valence-electron chi connectivity index (χ2n) is 7.54. The minimum absolute atomic E-state index is 0.0159. The Morgan fingerprint density at radius 1 is 1.22 bits per heavy atom. The molecule has 1 aliphatic heterocycles. The van der Waals surface area contributed by atoms with Gasteiger partial charge in [-0.1, -0.05) is 0 Å². The second kappa shape index (κ2) is 12.9. The van der Waals surface area contributed by atoms with E-state index in [4.69, 9.17) is 25.7 Å². The maximum Gasteiger partial charge on any atom is 0.319 e. The molecular weight excluding hydrogens is 439 g/mol. The van der Waals surface area contributed by atoms with E-state index in [1.165, 1.54) is 0 Å². The van der Waals surface area contributed by atoms with Crippen molar-refractivity contribution in [1.82, 2.24) is 5.32 Å². The summed E-state index contributed by atoms with van der Waals surface area (Å²) in [6.45, 7) is 2.25. The lowest BCUT2D eigenvalue weighted by Crippen LogP contribution is -2.59. The number of rotatable bonds is 10. The molecule has 178 valence electrons. The van der Waals surface area contributed by atoms with Gasteiger partial charge in [0.25, 0.3) is 0 Å². The van der Waals surface area contributed by atoms with E-state index in [0.29, 0.717) is 30.0 Å². The lowest BCUT2D eigenvalue weighted by Gasteiger charge is -2.40. The zero-order valence-electron chi connectivity index (χ0n) is 17.8. The van der Waals surface area contributed by atoms with Gasteiger partial charge in [0.05, 0.1) is 6.10 Å². The van der Waals surface area contributed by atoms with Crippen molar-refractivity contribution in [1.29, 1.82) is 0 Å². The minimum atomic E-state index is -2.18. The van der Waals surface area contributed by atoms with E-state index in [0.717, 1.165) is 12.8 Å². The molecule has 0 bridgehead atoms. The van der Waals surface area contributed by atoms with Gasteiger partial charge in [0.1, 0.15) is 24.1 Å². The van der Waals surface area contributed by atoms with Gasteiger partial charge in [0.2, 0.25) is 6.29 Å². The highest BCUT2D eigenvalue weighted by atomic mass is 31.2. The quantitative estimate of drug-likeness (QED) is 0.150. The first-order valence-electron chi connectivity index (χ1n) is 10.3. The van der Waals surface area contributed by atoms with Gasteiger partial charge in [-0.05, 0) is 49.9 Å². The molecule has 2 amide bonds. The second-order valence-corrected chi connectivity index (χ2v) is 8.73. The summed E-state index contributed by atoms with van der Waals surface area (Å²) < 4.78 is 11.3. The molecule has 2 rings (SSSR count).